The third-order valence-corrected chi connectivity index (χ3v) is 7.32. The van der Waals surface area contributed by atoms with Crippen molar-refractivity contribution >= 4 is 27.6 Å². The minimum Gasteiger partial charge on any atom is -0.294 e. The summed E-state index contributed by atoms with van der Waals surface area (Å²) in [7, 11) is -3.52. The van der Waals surface area contributed by atoms with Gasteiger partial charge in [-0.05, 0) is 37.8 Å². The maximum Gasteiger partial charge on any atom is 0.243 e. The van der Waals surface area contributed by atoms with Gasteiger partial charge in [0, 0.05) is 24.9 Å². The van der Waals surface area contributed by atoms with Gasteiger partial charge in [0.05, 0.1) is 9.80 Å². The largest absolute Gasteiger partial charge is 0.294 e. The zero-order valence-corrected chi connectivity index (χ0v) is 14.5. The van der Waals surface area contributed by atoms with Gasteiger partial charge in [-0.25, -0.2) is 8.42 Å². The average Bonchev–Trinajstić information content (AvgIpc) is 2.95. The van der Waals surface area contributed by atoms with E-state index in [2.05, 4.69) is 0 Å². The average molecular weight is 337 g/mol. The summed E-state index contributed by atoms with van der Waals surface area (Å²) in [4.78, 5) is 13.1. The normalized spacial score (nSPS) is 25.9. The van der Waals surface area contributed by atoms with Crippen molar-refractivity contribution in [2.45, 2.75) is 31.2 Å². The Labute approximate surface area is 135 Å². The monoisotopic (exact) mass is 337 g/mol. The van der Waals surface area contributed by atoms with Gasteiger partial charge in [-0.3, -0.25) is 4.79 Å². The molecule has 22 heavy (non-hydrogen) atoms. The molecule has 1 aromatic carbocycles. The van der Waals surface area contributed by atoms with Gasteiger partial charge in [-0.15, -0.1) is 11.8 Å². The van der Waals surface area contributed by atoms with Crippen LogP contribution in [-0.4, -0.2) is 37.3 Å². The second-order valence-corrected chi connectivity index (χ2v) is 8.58. The summed E-state index contributed by atoms with van der Waals surface area (Å²) in [5.74, 6) is 0.205. The van der Waals surface area contributed by atoms with E-state index in [1.807, 2.05) is 32.2 Å². The van der Waals surface area contributed by atoms with Crippen molar-refractivity contribution in [3.8, 4) is 0 Å². The molecule has 0 amide bonds. The first kappa shape index (κ1) is 15.8. The summed E-state index contributed by atoms with van der Waals surface area (Å²) in [5, 5.41) is 0. The molecule has 0 bridgehead atoms. The minimum atomic E-state index is -3.52. The molecule has 0 radical (unpaired) electrons. The lowest BCUT2D eigenvalue weighted by molar-refractivity contribution is -0.114. The van der Waals surface area contributed by atoms with Crippen LogP contribution in [0.5, 0.6) is 0 Å². The van der Waals surface area contributed by atoms with Crippen LogP contribution in [0.3, 0.4) is 0 Å². The fourth-order valence-corrected chi connectivity index (χ4v) is 5.92. The van der Waals surface area contributed by atoms with E-state index >= 15 is 0 Å². The van der Waals surface area contributed by atoms with Crippen molar-refractivity contribution < 1.29 is 13.2 Å². The number of rotatable bonds is 3. The first-order valence-corrected chi connectivity index (χ1v) is 9.92. The van der Waals surface area contributed by atoms with Crippen LogP contribution in [-0.2, 0) is 14.8 Å². The van der Waals surface area contributed by atoms with Crippen LogP contribution in [0.15, 0.2) is 39.6 Å². The summed E-state index contributed by atoms with van der Waals surface area (Å²) in [6.07, 6.45) is 2.32. The van der Waals surface area contributed by atoms with Crippen LogP contribution < -0.4 is 0 Å². The Kier molecular flexibility index (Phi) is 3.95. The Morgan fingerprint density at radius 2 is 1.86 bits per heavy atom. The molecule has 1 saturated heterocycles. The molecule has 1 aliphatic heterocycles. The van der Waals surface area contributed by atoms with Crippen LogP contribution in [0.2, 0.25) is 0 Å². The van der Waals surface area contributed by atoms with Crippen molar-refractivity contribution in [2.75, 3.05) is 12.8 Å². The van der Waals surface area contributed by atoms with Crippen LogP contribution >= 0.6 is 11.8 Å². The number of carbonyl (C=O) groups excluding carboxylic acids is 1. The van der Waals surface area contributed by atoms with Crippen LogP contribution in [0.4, 0.5) is 0 Å². The number of carbonyl (C=O) groups is 1. The van der Waals surface area contributed by atoms with Gasteiger partial charge in [0.2, 0.25) is 10.0 Å². The molecule has 0 N–H and O–H groups in total. The number of hydrogen-bond donors (Lipinski definition) is 0. The number of aryl methyl sites for hydroxylation is 1. The summed E-state index contributed by atoms with van der Waals surface area (Å²) >= 11 is 1.44. The van der Waals surface area contributed by atoms with Crippen molar-refractivity contribution in [1.82, 2.24) is 4.31 Å². The van der Waals surface area contributed by atoms with E-state index in [0.717, 1.165) is 16.0 Å². The Hall–Kier alpha value is -1.11. The molecule has 4 nitrogen and oxygen atoms in total. The minimum absolute atomic E-state index is 0.0465. The number of benzene rings is 1. The molecular formula is C16H19NO3S2. The highest BCUT2D eigenvalue weighted by Gasteiger charge is 2.47. The number of thioether (sulfide) groups is 1. The second kappa shape index (κ2) is 5.51. The number of allylic oxidation sites excluding steroid dienone is 1. The third-order valence-electron chi connectivity index (χ3n) is 4.50. The van der Waals surface area contributed by atoms with Gasteiger partial charge in [-0.2, -0.15) is 4.31 Å². The number of Topliss-reactive ketones (excluding diaryl/α,β-unsaturated/α-hetero) is 1. The van der Waals surface area contributed by atoms with E-state index in [1.165, 1.54) is 11.8 Å². The van der Waals surface area contributed by atoms with Gasteiger partial charge in [0.1, 0.15) is 0 Å². The molecule has 1 aromatic rings. The molecule has 118 valence electrons. The smallest absolute Gasteiger partial charge is 0.243 e. The molecule has 0 unspecified atom stereocenters. The fourth-order valence-electron chi connectivity index (χ4n) is 3.38. The van der Waals surface area contributed by atoms with Crippen molar-refractivity contribution in [1.29, 1.82) is 0 Å². The standard InChI is InChI=1S/C16H19NO3S2/c1-10-4-6-13(7-5-10)22(19,20)17-9-12-8-14(18)16(21-3)15(12)11(17)2/h4-7,11-12H,8-9H2,1-3H3/t11-,12+/m0/s1. The highest BCUT2D eigenvalue weighted by atomic mass is 32.2. The molecule has 2 atom stereocenters. The Bertz CT molecular complexity index is 750. The maximum atomic E-state index is 12.9. The molecule has 0 aromatic heterocycles. The highest BCUT2D eigenvalue weighted by molar-refractivity contribution is 8.03. The van der Waals surface area contributed by atoms with Gasteiger partial charge < -0.3 is 0 Å². The highest BCUT2D eigenvalue weighted by Crippen LogP contribution is 2.44. The van der Waals surface area contributed by atoms with Crippen LogP contribution in [0.25, 0.3) is 0 Å². The second-order valence-electron chi connectivity index (χ2n) is 5.88. The molecule has 1 fully saturated rings. The summed E-state index contributed by atoms with van der Waals surface area (Å²) in [6.45, 7) is 4.22. The number of sulfonamides is 1. The molecular weight excluding hydrogens is 318 g/mol. The fraction of sp³-hybridized carbons (Fsp3) is 0.438. The molecule has 6 heteroatoms. The topological polar surface area (TPSA) is 54.5 Å². The van der Waals surface area contributed by atoms with Gasteiger partial charge in [0.25, 0.3) is 0 Å². The zero-order valence-electron chi connectivity index (χ0n) is 12.9. The summed E-state index contributed by atoms with van der Waals surface area (Å²) in [6, 6.07) is 6.68. The van der Waals surface area contributed by atoms with E-state index < -0.39 is 10.0 Å². The molecule has 3 rings (SSSR count). The Morgan fingerprint density at radius 1 is 1.23 bits per heavy atom. The molecule has 0 spiro atoms. The zero-order chi connectivity index (χ0) is 16.1. The number of fused-ring (bicyclic) bond motifs is 1. The van der Waals surface area contributed by atoms with E-state index in [9.17, 15) is 13.2 Å². The number of hydrogen-bond acceptors (Lipinski definition) is 4. The Balaban J connectivity index is 1.99. The predicted molar refractivity (Wildman–Crippen MR) is 88.2 cm³/mol. The van der Waals surface area contributed by atoms with Crippen molar-refractivity contribution in [3.05, 3.63) is 40.3 Å². The SMILES string of the molecule is CSC1=C2[C@H](CC1=O)CN(S(=O)(=O)c1ccc(C)cc1)[C@H]2C. The molecule has 2 aliphatic rings. The molecule has 1 aliphatic carbocycles. The Morgan fingerprint density at radius 3 is 2.45 bits per heavy atom. The quantitative estimate of drug-likeness (QED) is 0.851. The van der Waals surface area contributed by atoms with Gasteiger partial charge in [-0.1, -0.05) is 17.7 Å². The summed E-state index contributed by atoms with van der Waals surface area (Å²) in [5.41, 5.74) is 2.04. The number of nitrogens with zero attached hydrogens (tertiary/aromatic N) is 1. The first-order chi connectivity index (χ1) is 10.4. The van der Waals surface area contributed by atoms with E-state index in [4.69, 9.17) is 0 Å². The lowest BCUT2D eigenvalue weighted by Gasteiger charge is -2.22. The van der Waals surface area contributed by atoms with E-state index in [1.54, 1.807) is 16.4 Å². The van der Waals surface area contributed by atoms with Crippen LogP contribution in [0, 0.1) is 12.8 Å². The third kappa shape index (κ3) is 2.33. The van der Waals surface area contributed by atoms with E-state index in [-0.39, 0.29) is 17.7 Å². The molecule has 0 saturated carbocycles. The molecule has 1 heterocycles. The number of ketones is 1. The maximum absolute atomic E-state index is 12.9. The van der Waals surface area contributed by atoms with Gasteiger partial charge >= 0.3 is 0 Å². The van der Waals surface area contributed by atoms with Crippen LogP contribution in [0.1, 0.15) is 18.9 Å². The predicted octanol–water partition coefficient (Wildman–Crippen LogP) is 2.59. The lowest BCUT2D eigenvalue weighted by Crippen LogP contribution is -2.35. The van der Waals surface area contributed by atoms with Gasteiger partial charge in [0.15, 0.2) is 5.78 Å². The summed E-state index contributed by atoms with van der Waals surface area (Å²) < 4.78 is 27.3. The first-order valence-electron chi connectivity index (χ1n) is 7.26. The van der Waals surface area contributed by atoms with Crippen molar-refractivity contribution in [3.63, 3.8) is 0 Å². The van der Waals surface area contributed by atoms with Crippen molar-refractivity contribution in [2.24, 2.45) is 5.92 Å². The van der Waals surface area contributed by atoms with E-state index in [0.29, 0.717) is 17.9 Å². The lowest BCUT2D eigenvalue weighted by atomic mass is 10.0.